The van der Waals surface area contributed by atoms with Crippen LogP contribution in [0.25, 0.3) is 0 Å². The summed E-state index contributed by atoms with van der Waals surface area (Å²) in [5, 5.41) is 3.24. The molecule has 0 bridgehead atoms. The molecule has 0 saturated carbocycles. The molecular weight excluding hydrogens is 306 g/mol. The zero-order chi connectivity index (χ0) is 15.5. The fourth-order valence-electron chi connectivity index (χ4n) is 2.09. The number of anilines is 1. The molecule has 1 aliphatic rings. The third kappa shape index (κ3) is 4.11. The van der Waals surface area contributed by atoms with E-state index in [1.807, 2.05) is 0 Å². The summed E-state index contributed by atoms with van der Waals surface area (Å²) >= 11 is 1.78. The Morgan fingerprint density at radius 1 is 1.33 bits per heavy atom. The second kappa shape index (κ2) is 6.54. The average Bonchev–Trinajstić information content (AvgIpc) is 3.01. The van der Waals surface area contributed by atoms with Gasteiger partial charge in [-0.25, -0.2) is 13.4 Å². The summed E-state index contributed by atoms with van der Waals surface area (Å²) in [5.74, 6) is 0.706. The normalized spacial score (nSPS) is 17.1. The molecule has 21 heavy (non-hydrogen) atoms. The number of thioether (sulfide) groups is 1. The lowest BCUT2D eigenvalue weighted by molar-refractivity contribution is 0.477. The van der Waals surface area contributed by atoms with Gasteiger partial charge in [0, 0.05) is 30.6 Å². The van der Waals surface area contributed by atoms with Crippen molar-refractivity contribution in [3.8, 4) is 0 Å². The van der Waals surface area contributed by atoms with Crippen LogP contribution in [0.1, 0.15) is 26.7 Å². The molecule has 0 atom stereocenters. The van der Waals surface area contributed by atoms with Crippen molar-refractivity contribution in [2.24, 2.45) is 0 Å². The maximum Gasteiger partial charge on any atom is 0.244 e. The van der Waals surface area contributed by atoms with E-state index in [0.29, 0.717) is 18.9 Å². The van der Waals surface area contributed by atoms with Crippen molar-refractivity contribution in [3.05, 3.63) is 18.3 Å². The van der Waals surface area contributed by atoms with Crippen molar-refractivity contribution >= 4 is 27.6 Å². The zero-order valence-electron chi connectivity index (χ0n) is 12.8. The Balaban J connectivity index is 2.05. The second-order valence-electron chi connectivity index (χ2n) is 5.81. The summed E-state index contributed by atoms with van der Waals surface area (Å²) in [4.78, 5) is 4.50. The van der Waals surface area contributed by atoms with E-state index in [-0.39, 0.29) is 9.64 Å². The van der Waals surface area contributed by atoms with Crippen LogP contribution in [0.4, 0.5) is 5.82 Å². The standard InChI is InChI=1S/C14H23N3O2S2/c1-14(2,20-3)11-16-13-7-6-12(10-15-13)21(18,19)17-8-4-5-9-17/h6-7,10H,4-5,8-9,11H2,1-3H3,(H,15,16). The topological polar surface area (TPSA) is 62.3 Å². The maximum atomic E-state index is 12.4. The van der Waals surface area contributed by atoms with E-state index in [9.17, 15) is 8.42 Å². The minimum absolute atomic E-state index is 0.113. The second-order valence-corrected chi connectivity index (χ2v) is 9.26. The van der Waals surface area contributed by atoms with Gasteiger partial charge in [-0.1, -0.05) is 0 Å². The molecule has 0 unspecified atom stereocenters. The smallest absolute Gasteiger partial charge is 0.244 e. The van der Waals surface area contributed by atoms with E-state index in [1.165, 1.54) is 10.5 Å². The number of sulfonamides is 1. The van der Waals surface area contributed by atoms with Crippen LogP contribution in [0.2, 0.25) is 0 Å². The lowest BCUT2D eigenvalue weighted by Gasteiger charge is -2.22. The van der Waals surface area contributed by atoms with Crippen molar-refractivity contribution in [2.75, 3.05) is 31.2 Å². The van der Waals surface area contributed by atoms with Gasteiger partial charge in [-0.15, -0.1) is 0 Å². The van der Waals surface area contributed by atoms with Crippen LogP contribution in [0.15, 0.2) is 23.2 Å². The first kappa shape index (κ1) is 16.6. The fraction of sp³-hybridized carbons (Fsp3) is 0.643. The molecule has 0 radical (unpaired) electrons. The van der Waals surface area contributed by atoms with Gasteiger partial charge < -0.3 is 5.32 Å². The van der Waals surface area contributed by atoms with Gasteiger partial charge in [0.15, 0.2) is 0 Å². The Kier molecular flexibility index (Phi) is 5.16. The molecule has 1 saturated heterocycles. The van der Waals surface area contributed by atoms with Gasteiger partial charge >= 0.3 is 0 Å². The van der Waals surface area contributed by atoms with E-state index in [0.717, 1.165) is 19.4 Å². The minimum Gasteiger partial charge on any atom is -0.369 e. The Morgan fingerprint density at radius 2 is 2.00 bits per heavy atom. The number of aromatic nitrogens is 1. The molecular formula is C14H23N3O2S2. The highest BCUT2D eigenvalue weighted by molar-refractivity contribution is 7.99. The SMILES string of the molecule is CSC(C)(C)CNc1ccc(S(=O)(=O)N2CCCC2)cn1. The average molecular weight is 329 g/mol. The van der Waals surface area contributed by atoms with Crippen LogP contribution >= 0.6 is 11.8 Å². The molecule has 0 spiro atoms. The summed E-state index contributed by atoms with van der Waals surface area (Å²) in [6, 6.07) is 3.37. The lowest BCUT2D eigenvalue weighted by Crippen LogP contribution is -2.28. The minimum atomic E-state index is -3.36. The van der Waals surface area contributed by atoms with Crippen LogP contribution in [-0.2, 0) is 10.0 Å². The first-order valence-electron chi connectivity index (χ1n) is 7.10. The van der Waals surface area contributed by atoms with E-state index in [1.54, 1.807) is 23.9 Å². The van der Waals surface area contributed by atoms with Crippen molar-refractivity contribution in [1.82, 2.24) is 9.29 Å². The van der Waals surface area contributed by atoms with E-state index in [4.69, 9.17) is 0 Å². The molecule has 2 rings (SSSR count). The molecule has 118 valence electrons. The van der Waals surface area contributed by atoms with Crippen LogP contribution in [-0.4, -0.2) is 48.3 Å². The van der Waals surface area contributed by atoms with Crippen LogP contribution in [0.5, 0.6) is 0 Å². The molecule has 0 amide bonds. The molecule has 1 aromatic rings. The first-order chi connectivity index (χ1) is 9.85. The summed E-state index contributed by atoms with van der Waals surface area (Å²) in [7, 11) is -3.36. The fourth-order valence-corrected chi connectivity index (χ4v) is 3.77. The number of rotatable bonds is 6. The van der Waals surface area contributed by atoms with Crippen LogP contribution in [0, 0.1) is 0 Å². The Bertz CT molecular complexity index is 564. The highest BCUT2D eigenvalue weighted by Gasteiger charge is 2.27. The maximum absolute atomic E-state index is 12.4. The van der Waals surface area contributed by atoms with Gasteiger partial charge in [-0.2, -0.15) is 16.1 Å². The molecule has 7 heteroatoms. The number of hydrogen-bond donors (Lipinski definition) is 1. The number of hydrogen-bond acceptors (Lipinski definition) is 5. The van der Waals surface area contributed by atoms with Gasteiger partial charge in [0.1, 0.15) is 10.7 Å². The third-order valence-corrected chi connectivity index (χ3v) is 6.82. The van der Waals surface area contributed by atoms with E-state index in [2.05, 4.69) is 30.4 Å². The summed E-state index contributed by atoms with van der Waals surface area (Å²) < 4.78 is 26.4. The van der Waals surface area contributed by atoms with Crippen LogP contribution in [0.3, 0.4) is 0 Å². The predicted molar refractivity (Wildman–Crippen MR) is 88.3 cm³/mol. The van der Waals surface area contributed by atoms with Gasteiger partial charge in [0.05, 0.1) is 0 Å². The highest BCUT2D eigenvalue weighted by atomic mass is 32.2. The molecule has 0 aromatic carbocycles. The quantitative estimate of drug-likeness (QED) is 0.868. The molecule has 2 heterocycles. The number of nitrogens with one attached hydrogen (secondary N) is 1. The van der Waals surface area contributed by atoms with Gasteiger partial charge in [-0.3, -0.25) is 0 Å². The van der Waals surface area contributed by atoms with Crippen LogP contribution < -0.4 is 5.32 Å². The largest absolute Gasteiger partial charge is 0.369 e. The zero-order valence-corrected chi connectivity index (χ0v) is 14.4. The van der Waals surface area contributed by atoms with Crippen molar-refractivity contribution in [1.29, 1.82) is 0 Å². The van der Waals surface area contributed by atoms with E-state index >= 15 is 0 Å². The van der Waals surface area contributed by atoms with Gasteiger partial charge in [0.2, 0.25) is 10.0 Å². The number of nitrogens with zero attached hydrogens (tertiary/aromatic N) is 2. The third-order valence-electron chi connectivity index (χ3n) is 3.69. The molecule has 0 aliphatic carbocycles. The Morgan fingerprint density at radius 3 is 2.52 bits per heavy atom. The Labute approximate surface area is 131 Å². The predicted octanol–water partition coefficient (Wildman–Crippen LogP) is 2.42. The molecule has 1 aliphatic heterocycles. The molecule has 1 aromatic heterocycles. The van der Waals surface area contributed by atoms with Gasteiger partial charge in [-0.05, 0) is 45.1 Å². The Hall–Kier alpha value is -0.790. The highest BCUT2D eigenvalue weighted by Crippen LogP contribution is 2.23. The summed E-state index contributed by atoms with van der Waals surface area (Å²) in [5.41, 5.74) is 0. The number of pyridine rings is 1. The van der Waals surface area contributed by atoms with Gasteiger partial charge in [0.25, 0.3) is 0 Å². The molecule has 1 N–H and O–H groups in total. The monoisotopic (exact) mass is 329 g/mol. The molecule has 1 fully saturated rings. The van der Waals surface area contributed by atoms with Crippen molar-refractivity contribution in [2.45, 2.75) is 36.3 Å². The molecule has 5 nitrogen and oxygen atoms in total. The van der Waals surface area contributed by atoms with Crippen molar-refractivity contribution < 1.29 is 8.42 Å². The first-order valence-corrected chi connectivity index (χ1v) is 9.77. The lowest BCUT2D eigenvalue weighted by atomic mass is 10.2. The van der Waals surface area contributed by atoms with Crippen molar-refractivity contribution in [3.63, 3.8) is 0 Å². The summed E-state index contributed by atoms with van der Waals surface area (Å²) in [6.45, 7) is 6.31. The van der Waals surface area contributed by atoms with E-state index < -0.39 is 10.0 Å². The summed E-state index contributed by atoms with van der Waals surface area (Å²) in [6.07, 6.45) is 5.40.